The molecule has 0 fully saturated rings. The maximum absolute atomic E-state index is 13.3. The first-order valence-corrected chi connectivity index (χ1v) is 6.64. The molecule has 0 amide bonds. The van der Waals surface area contributed by atoms with Gasteiger partial charge in [-0.2, -0.15) is 0 Å². The zero-order chi connectivity index (χ0) is 13.8. The largest absolute Gasteiger partial charge is 0.465 e. The summed E-state index contributed by atoms with van der Waals surface area (Å²) in [6, 6.07) is 5.99. The van der Waals surface area contributed by atoms with Gasteiger partial charge in [-0.05, 0) is 42.1 Å². The maximum atomic E-state index is 13.3. The number of rotatable bonds is 4. The summed E-state index contributed by atoms with van der Waals surface area (Å²) in [6.07, 6.45) is 0. The number of carbonyl (C=O) groups is 1. The molecule has 0 unspecified atom stereocenters. The summed E-state index contributed by atoms with van der Waals surface area (Å²) >= 11 is 1.62. The van der Waals surface area contributed by atoms with Gasteiger partial charge < -0.3 is 10.1 Å². The molecule has 2 aromatic rings. The lowest BCUT2D eigenvalue weighted by Crippen LogP contribution is -2.08. The molecule has 5 heteroatoms. The molecule has 0 aliphatic heterocycles. The molecule has 1 aromatic carbocycles. The van der Waals surface area contributed by atoms with Crippen LogP contribution in [0.4, 0.5) is 10.1 Å². The van der Waals surface area contributed by atoms with Crippen LogP contribution in [0.2, 0.25) is 0 Å². The Labute approximate surface area is 115 Å². The summed E-state index contributed by atoms with van der Waals surface area (Å²) < 4.78 is 17.9. The molecule has 1 heterocycles. The highest BCUT2D eigenvalue weighted by atomic mass is 32.1. The van der Waals surface area contributed by atoms with E-state index in [0.29, 0.717) is 17.8 Å². The fourth-order valence-corrected chi connectivity index (χ4v) is 2.56. The minimum Gasteiger partial charge on any atom is -0.465 e. The van der Waals surface area contributed by atoms with Crippen LogP contribution in [0.25, 0.3) is 0 Å². The fourth-order valence-electron chi connectivity index (χ4n) is 1.71. The molecule has 0 radical (unpaired) electrons. The van der Waals surface area contributed by atoms with Crippen LogP contribution in [0.1, 0.15) is 20.8 Å². The number of aryl methyl sites for hydroxylation is 1. The van der Waals surface area contributed by atoms with Crippen LogP contribution >= 0.6 is 11.3 Å². The standard InChI is InChI=1S/C14H14FNO2S/c1-9-5-6-19-13(9)8-16-12-7-10(15)3-4-11(12)14(17)18-2/h3-7,16H,8H2,1-2H3. The van der Waals surface area contributed by atoms with Crippen LogP contribution in [-0.2, 0) is 11.3 Å². The number of hydrogen-bond donors (Lipinski definition) is 1. The van der Waals surface area contributed by atoms with Crippen molar-refractivity contribution in [2.75, 3.05) is 12.4 Å². The summed E-state index contributed by atoms with van der Waals surface area (Å²) in [6.45, 7) is 2.57. The molecule has 0 bridgehead atoms. The third-order valence-corrected chi connectivity index (χ3v) is 3.82. The quantitative estimate of drug-likeness (QED) is 0.869. The van der Waals surface area contributed by atoms with Gasteiger partial charge in [0.25, 0.3) is 0 Å². The van der Waals surface area contributed by atoms with Gasteiger partial charge >= 0.3 is 5.97 Å². The minimum atomic E-state index is -0.481. The Morgan fingerprint density at radius 2 is 2.21 bits per heavy atom. The highest BCUT2D eigenvalue weighted by Crippen LogP contribution is 2.21. The topological polar surface area (TPSA) is 38.3 Å². The lowest BCUT2D eigenvalue weighted by atomic mass is 10.1. The smallest absolute Gasteiger partial charge is 0.339 e. The number of halogens is 1. The minimum absolute atomic E-state index is 0.332. The monoisotopic (exact) mass is 279 g/mol. The first-order valence-electron chi connectivity index (χ1n) is 5.76. The Morgan fingerprint density at radius 3 is 2.84 bits per heavy atom. The zero-order valence-electron chi connectivity index (χ0n) is 10.7. The summed E-state index contributed by atoms with van der Waals surface area (Å²) in [5, 5.41) is 5.08. The fraction of sp³-hybridized carbons (Fsp3) is 0.214. The van der Waals surface area contributed by atoms with Gasteiger partial charge in [-0.3, -0.25) is 0 Å². The molecule has 0 saturated carbocycles. The lowest BCUT2D eigenvalue weighted by Gasteiger charge is -2.10. The van der Waals surface area contributed by atoms with Crippen molar-refractivity contribution in [3.8, 4) is 0 Å². The second-order valence-corrected chi connectivity index (χ2v) is 5.06. The van der Waals surface area contributed by atoms with E-state index in [1.807, 2.05) is 18.4 Å². The van der Waals surface area contributed by atoms with E-state index in [2.05, 4.69) is 10.1 Å². The second kappa shape index (κ2) is 5.84. The highest BCUT2D eigenvalue weighted by molar-refractivity contribution is 7.10. The van der Waals surface area contributed by atoms with Crippen molar-refractivity contribution in [1.29, 1.82) is 0 Å². The van der Waals surface area contributed by atoms with Crippen LogP contribution < -0.4 is 5.32 Å². The average Bonchev–Trinajstić information content (AvgIpc) is 2.81. The first kappa shape index (κ1) is 13.5. The molecular formula is C14H14FNO2S. The molecule has 0 aliphatic rings. The lowest BCUT2D eigenvalue weighted by molar-refractivity contribution is 0.0602. The van der Waals surface area contributed by atoms with E-state index >= 15 is 0 Å². The molecule has 19 heavy (non-hydrogen) atoms. The molecule has 100 valence electrons. The van der Waals surface area contributed by atoms with Crippen LogP contribution in [0, 0.1) is 12.7 Å². The zero-order valence-corrected chi connectivity index (χ0v) is 11.5. The molecule has 1 aromatic heterocycles. The summed E-state index contributed by atoms with van der Waals surface area (Å²) in [4.78, 5) is 12.7. The van der Waals surface area contributed by atoms with E-state index < -0.39 is 11.8 Å². The van der Waals surface area contributed by atoms with Crippen molar-refractivity contribution in [3.63, 3.8) is 0 Å². The van der Waals surface area contributed by atoms with E-state index in [0.717, 1.165) is 4.88 Å². The van der Waals surface area contributed by atoms with Crippen molar-refractivity contribution < 1.29 is 13.9 Å². The van der Waals surface area contributed by atoms with Gasteiger partial charge in [-0.1, -0.05) is 0 Å². The van der Waals surface area contributed by atoms with Crippen LogP contribution in [0.15, 0.2) is 29.6 Å². The number of ether oxygens (including phenoxy) is 1. The number of benzene rings is 1. The van der Waals surface area contributed by atoms with E-state index in [1.54, 1.807) is 11.3 Å². The van der Waals surface area contributed by atoms with E-state index in [9.17, 15) is 9.18 Å². The molecule has 0 aliphatic carbocycles. The van der Waals surface area contributed by atoms with Crippen molar-refractivity contribution in [2.24, 2.45) is 0 Å². The molecular weight excluding hydrogens is 265 g/mol. The van der Waals surface area contributed by atoms with Crippen molar-refractivity contribution in [3.05, 3.63) is 51.5 Å². The van der Waals surface area contributed by atoms with Crippen molar-refractivity contribution in [1.82, 2.24) is 0 Å². The number of carbonyl (C=O) groups excluding carboxylic acids is 1. The van der Waals surface area contributed by atoms with E-state index in [-0.39, 0.29) is 0 Å². The first-order chi connectivity index (χ1) is 9.11. The van der Waals surface area contributed by atoms with Gasteiger partial charge in [-0.25, -0.2) is 9.18 Å². The predicted molar refractivity (Wildman–Crippen MR) is 74.1 cm³/mol. The number of anilines is 1. The maximum Gasteiger partial charge on any atom is 0.339 e. The Hall–Kier alpha value is -1.88. The Bertz CT molecular complexity index is 595. The second-order valence-electron chi connectivity index (χ2n) is 4.06. The van der Waals surface area contributed by atoms with Gasteiger partial charge in [0.2, 0.25) is 0 Å². The number of methoxy groups -OCH3 is 1. The number of nitrogens with one attached hydrogen (secondary N) is 1. The average molecular weight is 279 g/mol. The molecule has 0 atom stereocenters. The van der Waals surface area contributed by atoms with Gasteiger partial charge in [0.15, 0.2) is 0 Å². The van der Waals surface area contributed by atoms with Gasteiger partial charge in [-0.15, -0.1) is 11.3 Å². The summed E-state index contributed by atoms with van der Waals surface area (Å²) in [5.74, 6) is -0.872. The summed E-state index contributed by atoms with van der Waals surface area (Å²) in [5.41, 5.74) is 1.95. The Balaban J connectivity index is 2.21. The molecule has 0 saturated heterocycles. The predicted octanol–water partition coefficient (Wildman–Crippen LogP) is 3.59. The molecule has 1 N–H and O–H groups in total. The van der Waals surface area contributed by atoms with Crippen LogP contribution in [-0.4, -0.2) is 13.1 Å². The number of esters is 1. The highest BCUT2D eigenvalue weighted by Gasteiger charge is 2.13. The molecule has 2 rings (SSSR count). The van der Waals surface area contributed by atoms with Gasteiger partial charge in [0.1, 0.15) is 5.82 Å². The van der Waals surface area contributed by atoms with Crippen molar-refractivity contribution in [2.45, 2.75) is 13.5 Å². The van der Waals surface area contributed by atoms with Crippen molar-refractivity contribution >= 4 is 23.0 Å². The molecule has 0 spiro atoms. The number of hydrogen-bond acceptors (Lipinski definition) is 4. The SMILES string of the molecule is COC(=O)c1ccc(F)cc1NCc1sccc1C. The Kier molecular flexibility index (Phi) is 4.16. The van der Waals surface area contributed by atoms with Gasteiger partial charge in [0.05, 0.1) is 18.4 Å². The third kappa shape index (κ3) is 3.12. The molecule has 3 nitrogen and oxygen atoms in total. The van der Waals surface area contributed by atoms with Gasteiger partial charge in [0, 0.05) is 11.4 Å². The van der Waals surface area contributed by atoms with E-state index in [1.165, 1.54) is 30.9 Å². The van der Waals surface area contributed by atoms with Crippen LogP contribution in [0.5, 0.6) is 0 Å². The number of thiophene rings is 1. The normalized spacial score (nSPS) is 10.3. The summed E-state index contributed by atoms with van der Waals surface area (Å²) in [7, 11) is 1.30. The van der Waals surface area contributed by atoms with Crippen LogP contribution in [0.3, 0.4) is 0 Å². The third-order valence-electron chi connectivity index (χ3n) is 2.79. The Morgan fingerprint density at radius 1 is 1.42 bits per heavy atom. The van der Waals surface area contributed by atoms with E-state index in [4.69, 9.17) is 0 Å².